The van der Waals surface area contributed by atoms with Crippen molar-refractivity contribution in [1.29, 1.82) is 0 Å². The first-order valence-corrected chi connectivity index (χ1v) is 10.8. The van der Waals surface area contributed by atoms with Gasteiger partial charge in [0.25, 0.3) is 5.24 Å². The van der Waals surface area contributed by atoms with Crippen LogP contribution in [0.15, 0.2) is 70.2 Å². The first-order valence-electron chi connectivity index (χ1n) is 8.88. The maximum absolute atomic E-state index is 12.1. The number of carbonyl (C=O) groups is 2. The number of aromatic nitrogens is 1. The predicted molar refractivity (Wildman–Crippen MR) is 118 cm³/mol. The van der Waals surface area contributed by atoms with Gasteiger partial charge in [0.05, 0.1) is 11.4 Å². The molecule has 0 fully saturated rings. The van der Waals surface area contributed by atoms with Crippen LogP contribution in [0.25, 0.3) is 11.5 Å². The Balaban J connectivity index is 1.43. The number of rotatable bonds is 7. The van der Waals surface area contributed by atoms with E-state index in [1.165, 1.54) is 16.7 Å². The molecule has 2 aromatic carbocycles. The van der Waals surface area contributed by atoms with E-state index in [-0.39, 0.29) is 11.1 Å². The van der Waals surface area contributed by atoms with E-state index >= 15 is 0 Å². The third-order valence-electron chi connectivity index (χ3n) is 3.76. The molecule has 0 aliphatic carbocycles. The van der Waals surface area contributed by atoms with Crippen molar-refractivity contribution in [2.45, 2.75) is 10.6 Å². The molecule has 3 rings (SSSR count). The molecule has 8 heteroatoms. The van der Waals surface area contributed by atoms with Crippen LogP contribution in [0, 0.1) is 0 Å². The molecule has 29 heavy (non-hydrogen) atoms. The largest absolute Gasteiger partial charge is 0.444 e. The Kier molecular flexibility index (Phi) is 7.37. The minimum atomic E-state index is -0.0912. The molecule has 0 atom stereocenters. The van der Waals surface area contributed by atoms with Crippen molar-refractivity contribution in [2.75, 3.05) is 25.2 Å². The Morgan fingerprint density at radius 1 is 1.07 bits per heavy atom. The molecule has 6 nitrogen and oxygen atoms in total. The van der Waals surface area contributed by atoms with Crippen molar-refractivity contribution < 1.29 is 14.0 Å². The topological polar surface area (TPSA) is 75.4 Å². The van der Waals surface area contributed by atoms with Crippen LogP contribution in [0.1, 0.15) is 5.69 Å². The van der Waals surface area contributed by atoms with Gasteiger partial charge in [0.15, 0.2) is 0 Å². The number of amides is 2. The maximum atomic E-state index is 12.1. The number of hydrogen-bond acceptors (Lipinski definition) is 6. The number of hydrogen-bond donors (Lipinski definition) is 1. The molecule has 150 valence electrons. The van der Waals surface area contributed by atoms with Crippen LogP contribution >= 0.6 is 23.5 Å². The highest BCUT2D eigenvalue weighted by molar-refractivity contribution is 8.13. The van der Waals surface area contributed by atoms with E-state index < -0.39 is 0 Å². The van der Waals surface area contributed by atoms with Gasteiger partial charge in [-0.05, 0) is 48.2 Å². The summed E-state index contributed by atoms with van der Waals surface area (Å²) >= 11 is 2.61. The molecule has 3 aromatic rings. The molecule has 0 unspecified atom stereocenters. The van der Waals surface area contributed by atoms with Crippen LogP contribution in [-0.4, -0.2) is 40.9 Å². The molecule has 1 aromatic heterocycles. The van der Waals surface area contributed by atoms with Crippen LogP contribution in [-0.2, 0) is 10.5 Å². The summed E-state index contributed by atoms with van der Waals surface area (Å²) in [5.74, 6) is 1.39. The van der Waals surface area contributed by atoms with Gasteiger partial charge in [-0.15, -0.1) is 11.8 Å². The predicted octanol–water partition coefficient (Wildman–Crippen LogP) is 4.99. The highest BCUT2D eigenvalue weighted by Crippen LogP contribution is 2.23. The van der Waals surface area contributed by atoms with Crippen LogP contribution in [0.4, 0.5) is 10.5 Å². The lowest BCUT2D eigenvalue weighted by Crippen LogP contribution is -2.16. The van der Waals surface area contributed by atoms with Gasteiger partial charge in [-0.2, -0.15) is 0 Å². The van der Waals surface area contributed by atoms with Gasteiger partial charge in [0, 0.05) is 36.0 Å². The molecule has 1 heterocycles. The zero-order valence-electron chi connectivity index (χ0n) is 16.1. The fourth-order valence-electron chi connectivity index (χ4n) is 2.33. The Hall–Kier alpha value is -2.71. The summed E-state index contributed by atoms with van der Waals surface area (Å²) in [5, 5.41) is 2.81. The second kappa shape index (κ2) is 10.2. The maximum Gasteiger partial charge on any atom is 0.285 e. The van der Waals surface area contributed by atoms with Crippen LogP contribution in [0.3, 0.4) is 0 Å². The third kappa shape index (κ3) is 6.40. The minimum absolute atomic E-state index is 0.0403. The molecule has 0 aliphatic rings. The average molecular weight is 428 g/mol. The molecule has 0 spiro atoms. The molecule has 0 saturated heterocycles. The fourth-order valence-corrected chi connectivity index (χ4v) is 3.69. The number of nitrogens with one attached hydrogen (secondary N) is 1. The van der Waals surface area contributed by atoms with E-state index in [1.807, 2.05) is 42.5 Å². The number of benzene rings is 2. The van der Waals surface area contributed by atoms with E-state index in [0.29, 0.717) is 23.1 Å². The van der Waals surface area contributed by atoms with E-state index in [0.717, 1.165) is 27.9 Å². The van der Waals surface area contributed by atoms with Crippen LogP contribution in [0.5, 0.6) is 0 Å². The van der Waals surface area contributed by atoms with E-state index in [1.54, 1.807) is 32.5 Å². The Labute approximate surface area is 178 Å². The fraction of sp³-hybridized carbons (Fsp3) is 0.190. The number of anilines is 1. The minimum Gasteiger partial charge on any atom is -0.444 e. The van der Waals surface area contributed by atoms with Crippen molar-refractivity contribution >= 4 is 40.4 Å². The lowest BCUT2D eigenvalue weighted by Gasteiger charge is -2.09. The normalized spacial score (nSPS) is 10.6. The van der Waals surface area contributed by atoms with Crippen LogP contribution < -0.4 is 5.32 Å². The van der Waals surface area contributed by atoms with Gasteiger partial charge in [-0.3, -0.25) is 9.59 Å². The van der Waals surface area contributed by atoms with E-state index in [2.05, 4.69) is 10.3 Å². The average Bonchev–Trinajstić information content (AvgIpc) is 3.19. The molecular formula is C21H21N3O3S2. The smallest absolute Gasteiger partial charge is 0.285 e. The first-order chi connectivity index (χ1) is 14.0. The molecule has 0 radical (unpaired) electrons. The highest BCUT2D eigenvalue weighted by Gasteiger charge is 2.09. The number of thioether (sulfide) groups is 2. The van der Waals surface area contributed by atoms with Gasteiger partial charge in [0.2, 0.25) is 11.8 Å². The zero-order chi connectivity index (χ0) is 20.6. The molecule has 0 saturated carbocycles. The van der Waals surface area contributed by atoms with Crippen molar-refractivity contribution in [3.8, 4) is 11.5 Å². The van der Waals surface area contributed by atoms with Crippen molar-refractivity contribution in [3.05, 3.63) is 66.6 Å². The zero-order valence-corrected chi connectivity index (χ0v) is 17.8. The molecule has 2 amide bonds. The monoisotopic (exact) mass is 427 g/mol. The summed E-state index contributed by atoms with van der Waals surface area (Å²) in [4.78, 5) is 30.6. The molecule has 0 aliphatic heterocycles. The quantitative estimate of drug-likeness (QED) is 0.536. The summed E-state index contributed by atoms with van der Waals surface area (Å²) in [6.45, 7) is 0. The lowest BCUT2D eigenvalue weighted by atomic mass is 10.2. The number of carbonyl (C=O) groups excluding carboxylic acids is 2. The summed E-state index contributed by atoms with van der Waals surface area (Å²) < 4.78 is 5.50. The number of nitrogens with zero attached hydrogens (tertiary/aromatic N) is 2. The van der Waals surface area contributed by atoms with Gasteiger partial charge >= 0.3 is 0 Å². The Morgan fingerprint density at radius 2 is 1.79 bits per heavy atom. The third-order valence-corrected chi connectivity index (χ3v) is 5.78. The second-order valence-electron chi connectivity index (χ2n) is 6.34. The highest BCUT2D eigenvalue weighted by atomic mass is 32.2. The molecular weight excluding hydrogens is 406 g/mol. The molecule has 0 bridgehead atoms. The summed E-state index contributed by atoms with van der Waals surface area (Å²) in [5.41, 5.74) is 2.43. The Bertz CT molecular complexity index is 957. The lowest BCUT2D eigenvalue weighted by molar-refractivity contribution is -0.113. The SMILES string of the molecule is CN(C)C(=O)Sc1ccc(NC(=O)CSCc2coc(-c3ccccc3)n2)cc1. The van der Waals surface area contributed by atoms with Crippen molar-refractivity contribution in [2.24, 2.45) is 0 Å². The van der Waals surface area contributed by atoms with Crippen LogP contribution in [0.2, 0.25) is 0 Å². The van der Waals surface area contributed by atoms with Crippen molar-refractivity contribution in [3.63, 3.8) is 0 Å². The van der Waals surface area contributed by atoms with E-state index in [4.69, 9.17) is 4.42 Å². The Morgan fingerprint density at radius 3 is 2.48 bits per heavy atom. The van der Waals surface area contributed by atoms with Gasteiger partial charge in [-0.1, -0.05) is 18.2 Å². The summed E-state index contributed by atoms with van der Waals surface area (Å²) in [7, 11) is 3.42. The number of oxazole rings is 1. The first kappa shape index (κ1) is 21.0. The summed E-state index contributed by atoms with van der Waals surface area (Å²) in [6.07, 6.45) is 1.62. The molecule has 1 N–H and O–H groups in total. The van der Waals surface area contributed by atoms with Gasteiger partial charge in [0.1, 0.15) is 6.26 Å². The van der Waals surface area contributed by atoms with Gasteiger partial charge < -0.3 is 14.6 Å². The van der Waals surface area contributed by atoms with Gasteiger partial charge in [-0.25, -0.2) is 4.98 Å². The van der Waals surface area contributed by atoms with E-state index in [9.17, 15) is 9.59 Å². The summed E-state index contributed by atoms with van der Waals surface area (Å²) in [6, 6.07) is 16.9. The standard InChI is InChI=1S/C21H21N3O3S2/c1-24(2)21(26)29-18-10-8-16(9-11-18)22-19(25)14-28-13-17-12-27-20(23-17)15-6-4-3-5-7-15/h3-12H,13-14H2,1-2H3,(H,22,25). The van der Waals surface area contributed by atoms with Crippen molar-refractivity contribution in [1.82, 2.24) is 9.88 Å². The second-order valence-corrected chi connectivity index (χ2v) is 8.35.